The van der Waals surface area contributed by atoms with E-state index in [9.17, 15) is 13.2 Å². The van der Waals surface area contributed by atoms with Gasteiger partial charge in [0.25, 0.3) is 5.91 Å². The van der Waals surface area contributed by atoms with Crippen molar-refractivity contribution in [3.8, 4) is 11.5 Å². The van der Waals surface area contributed by atoms with Crippen molar-refractivity contribution in [3.05, 3.63) is 47.0 Å². The van der Waals surface area contributed by atoms with Gasteiger partial charge in [-0.1, -0.05) is 12.1 Å². The van der Waals surface area contributed by atoms with Gasteiger partial charge in [0.1, 0.15) is 5.75 Å². The molecular formula is C21H27N3O5S. The number of rotatable bonds is 6. The minimum absolute atomic E-state index is 0.0508. The first-order valence-electron chi connectivity index (χ1n) is 9.48. The Morgan fingerprint density at radius 3 is 2.50 bits per heavy atom. The van der Waals surface area contributed by atoms with Crippen LogP contribution in [0, 0.1) is 0 Å². The quantitative estimate of drug-likeness (QED) is 0.751. The molecule has 0 aromatic heterocycles. The van der Waals surface area contributed by atoms with E-state index in [4.69, 9.17) is 9.47 Å². The molecule has 0 saturated heterocycles. The molecule has 0 fully saturated rings. The summed E-state index contributed by atoms with van der Waals surface area (Å²) in [7, 11) is 3.67. The van der Waals surface area contributed by atoms with Gasteiger partial charge in [0, 0.05) is 32.9 Å². The monoisotopic (exact) mass is 433 g/mol. The number of ether oxygens (including phenoxy) is 2. The third-order valence-corrected chi connectivity index (χ3v) is 7.05. The molecule has 3 rings (SSSR count). The van der Waals surface area contributed by atoms with Crippen molar-refractivity contribution in [2.24, 2.45) is 0 Å². The molecule has 30 heavy (non-hydrogen) atoms. The van der Waals surface area contributed by atoms with Crippen LogP contribution in [0.1, 0.15) is 21.5 Å². The maximum absolute atomic E-state index is 13.1. The predicted molar refractivity (Wildman–Crippen MR) is 115 cm³/mol. The zero-order valence-corrected chi connectivity index (χ0v) is 18.7. The molecule has 8 nitrogen and oxygen atoms in total. The molecule has 1 aliphatic rings. The van der Waals surface area contributed by atoms with E-state index in [2.05, 4.69) is 23.3 Å². The number of anilines is 1. The summed E-state index contributed by atoms with van der Waals surface area (Å²) >= 11 is 0. The summed E-state index contributed by atoms with van der Waals surface area (Å²) in [5.74, 6) is -0.389. The van der Waals surface area contributed by atoms with Gasteiger partial charge >= 0.3 is 0 Å². The number of sulfonamides is 1. The van der Waals surface area contributed by atoms with E-state index in [1.54, 1.807) is 0 Å². The smallest absolute Gasteiger partial charge is 0.259 e. The van der Waals surface area contributed by atoms with Crippen molar-refractivity contribution < 1.29 is 22.7 Å². The molecule has 0 bridgehead atoms. The fourth-order valence-corrected chi connectivity index (χ4v) is 4.77. The third kappa shape index (κ3) is 4.00. The van der Waals surface area contributed by atoms with Crippen molar-refractivity contribution in [2.75, 3.05) is 47.2 Å². The van der Waals surface area contributed by atoms with Crippen LogP contribution in [0.3, 0.4) is 0 Å². The number of carbonyl (C=O) groups excluding carboxylic acids is 1. The molecular weight excluding hydrogens is 406 g/mol. The number of amides is 1. The zero-order valence-electron chi connectivity index (χ0n) is 17.9. The number of hydrogen-bond donors (Lipinski definition) is 1. The third-order valence-electron chi connectivity index (χ3n) is 5.19. The SMILES string of the molecule is COc1ccc(C(=O)Nc2cccc3c2CCN(C)C3)c(OC)c1S(=O)(=O)N(C)C. The van der Waals surface area contributed by atoms with Crippen LogP contribution in [0.2, 0.25) is 0 Å². The molecule has 0 saturated carbocycles. The Labute approximate surface area is 177 Å². The van der Waals surface area contributed by atoms with Crippen LogP contribution in [0.4, 0.5) is 5.69 Å². The highest BCUT2D eigenvalue weighted by atomic mass is 32.2. The lowest BCUT2D eigenvalue weighted by Crippen LogP contribution is -2.28. The number of fused-ring (bicyclic) bond motifs is 1. The van der Waals surface area contributed by atoms with Gasteiger partial charge in [0.2, 0.25) is 10.0 Å². The van der Waals surface area contributed by atoms with Gasteiger partial charge in [-0.05, 0) is 42.8 Å². The van der Waals surface area contributed by atoms with E-state index < -0.39 is 15.9 Å². The van der Waals surface area contributed by atoms with Crippen LogP contribution in [-0.4, -0.2) is 65.4 Å². The van der Waals surface area contributed by atoms with Crippen LogP contribution in [0.5, 0.6) is 11.5 Å². The number of nitrogens with one attached hydrogen (secondary N) is 1. The fourth-order valence-electron chi connectivity index (χ4n) is 3.57. The van der Waals surface area contributed by atoms with Gasteiger partial charge < -0.3 is 19.7 Å². The van der Waals surface area contributed by atoms with E-state index in [0.29, 0.717) is 0 Å². The average molecular weight is 434 g/mol. The summed E-state index contributed by atoms with van der Waals surface area (Å²) in [5, 5.41) is 2.93. The first kappa shape index (κ1) is 22.1. The van der Waals surface area contributed by atoms with Crippen molar-refractivity contribution in [2.45, 2.75) is 17.9 Å². The minimum Gasteiger partial charge on any atom is -0.495 e. The Morgan fingerprint density at radius 2 is 1.87 bits per heavy atom. The summed E-state index contributed by atoms with van der Waals surface area (Å²) < 4.78 is 37.4. The second kappa shape index (κ2) is 8.63. The molecule has 0 aliphatic carbocycles. The number of methoxy groups -OCH3 is 2. The lowest BCUT2D eigenvalue weighted by Gasteiger charge is -2.27. The number of carbonyl (C=O) groups is 1. The summed E-state index contributed by atoms with van der Waals surface area (Å²) in [4.78, 5) is 15.2. The van der Waals surface area contributed by atoms with Gasteiger partial charge in [-0.3, -0.25) is 4.79 Å². The Bertz CT molecular complexity index is 1070. The highest BCUT2D eigenvalue weighted by Crippen LogP contribution is 2.38. The molecule has 0 spiro atoms. The van der Waals surface area contributed by atoms with Gasteiger partial charge in [0.05, 0.1) is 19.8 Å². The molecule has 2 aromatic carbocycles. The van der Waals surface area contributed by atoms with Crippen LogP contribution in [-0.2, 0) is 23.0 Å². The first-order chi connectivity index (χ1) is 14.2. The van der Waals surface area contributed by atoms with Crippen molar-refractivity contribution in [1.29, 1.82) is 0 Å². The van der Waals surface area contributed by atoms with Crippen LogP contribution < -0.4 is 14.8 Å². The Hall–Kier alpha value is -2.62. The summed E-state index contributed by atoms with van der Waals surface area (Å²) in [6.07, 6.45) is 0.822. The van der Waals surface area contributed by atoms with E-state index in [0.717, 1.165) is 35.1 Å². The van der Waals surface area contributed by atoms with E-state index >= 15 is 0 Å². The number of likely N-dealkylation sites (N-methyl/N-ethyl adjacent to an activating group) is 1. The highest BCUT2D eigenvalue weighted by Gasteiger charge is 2.31. The molecule has 9 heteroatoms. The largest absolute Gasteiger partial charge is 0.495 e. The Balaban J connectivity index is 2.05. The molecule has 2 aromatic rings. The predicted octanol–water partition coefficient (Wildman–Crippen LogP) is 2.19. The standard InChI is InChI=1S/C21H27N3O5S/c1-23(2)30(26,27)20-18(28-4)10-9-16(19(20)29-5)21(25)22-17-8-6-7-14-13-24(3)12-11-15(14)17/h6-10H,11-13H2,1-5H3,(H,22,25). The van der Waals surface area contributed by atoms with Crippen LogP contribution in [0.15, 0.2) is 35.2 Å². The molecule has 1 N–H and O–H groups in total. The number of nitrogens with zero attached hydrogens (tertiary/aromatic N) is 2. The van der Waals surface area contributed by atoms with E-state index in [1.807, 2.05) is 12.1 Å². The summed E-state index contributed by atoms with van der Waals surface area (Å²) in [6.45, 7) is 1.72. The summed E-state index contributed by atoms with van der Waals surface area (Å²) in [5.41, 5.74) is 3.10. The lowest BCUT2D eigenvalue weighted by molar-refractivity contribution is 0.102. The van der Waals surface area contributed by atoms with E-state index in [-0.39, 0.29) is 22.0 Å². The Morgan fingerprint density at radius 1 is 1.13 bits per heavy atom. The second-order valence-corrected chi connectivity index (χ2v) is 9.44. The normalized spacial score (nSPS) is 14.3. The van der Waals surface area contributed by atoms with Crippen LogP contribution in [0.25, 0.3) is 0 Å². The fraction of sp³-hybridized carbons (Fsp3) is 0.381. The van der Waals surface area contributed by atoms with Crippen molar-refractivity contribution in [1.82, 2.24) is 9.21 Å². The van der Waals surface area contributed by atoms with E-state index in [1.165, 1.54) is 46.0 Å². The van der Waals surface area contributed by atoms with Gasteiger partial charge in [0.15, 0.2) is 10.6 Å². The minimum atomic E-state index is -3.91. The first-order valence-corrected chi connectivity index (χ1v) is 10.9. The molecule has 1 heterocycles. The highest BCUT2D eigenvalue weighted by molar-refractivity contribution is 7.89. The molecule has 1 amide bonds. The molecule has 0 atom stereocenters. The molecule has 162 valence electrons. The lowest BCUT2D eigenvalue weighted by atomic mass is 9.98. The average Bonchev–Trinajstić information content (AvgIpc) is 2.72. The van der Waals surface area contributed by atoms with Gasteiger partial charge in [-0.25, -0.2) is 12.7 Å². The second-order valence-electron chi connectivity index (χ2n) is 7.35. The van der Waals surface area contributed by atoms with Crippen LogP contribution >= 0.6 is 0 Å². The molecule has 1 aliphatic heterocycles. The maximum atomic E-state index is 13.1. The maximum Gasteiger partial charge on any atom is 0.259 e. The van der Waals surface area contributed by atoms with Crippen molar-refractivity contribution >= 4 is 21.6 Å². The van der Waals surface area contributed by atoms with Crippen molar-refractivity contribution in [3.63, 3.8) is 0 Å². The van der Waals surface area contributed by atoms with Gasteiger partial charge in [-0.2, -0.15) is 0 Å². The number of hydrogen-bond acceptors (Lipinski definition) is 6. The Kier molecular flexibility index (Phi) is 6.35. The molecule has 0 unspecified atom stereocenters. The summed E-state index contributed by atoms with van der Waals surface area (Å²) in [6, 6.07) is 8.78. The zero-order chi connectivity index (χ0) is 22.1. The molecule has 0 radical (unpaired) electrons. The van der Waals surface area contributed by atoms with Gasteiger partial charge in [-0.15, -0.1) is 0 Å². The number of benzene rings is 2. The topological polar surface area (TPSA) is 88.2 Å².